The number of fused-ring (bicyclic) bond motifs is 1. The number of thiazole rings is 1. The van der Waals surface area contributed by atoms with Crippen LogP contribution in [-0.2, 0) is 19.1 Å². The maximum atomic E-state index is 12.3. The van der Waals surface area contributed by atoms with Gasteiger partial charge in [0, 0.05) is 24.1 Å². The number of urea groups is 1. The number of hydrogen-bond donors (Lipinski definition) is 2. The Balaban J connectivity index is 1.65. The topological polar surface area (TPSA) is 97.4 Å². The number of aromatic nitrogens is 1. The van der Waals surface area contributed by atoms with Gasteiger partial charge in [0.05, 0.1) is 16.8 Å². The van der Waals surface area contributed by atoms with E-state index >= 15 is 0 Å². The van der Waals surface area contributed by atoms with Crippen molar-refractivity contribution in [3.63, 3.8) is 0 Å². The van der Waals surface area contributed by atoms with Crippen LogP contribution in [0, 0.1) is 0 Å². The fraction of sp³-hybridized carbons (Fsp3) is 0.273. The van der Waals surface area contributed by atoms with Crippen LogP contribution in [0.25, 0.3) is 21.3 Å². The van der Waals surface area contributed by atoms with Gasteiger partial charge in [0.2, 0.25) is 0 Å². The van der Waals surface area contributed by atoms with Crippen LogP contribution >= 0.6 is 11.3 Å². The lowest BCUT2D eigenvalue weighted by Crippen LogP contribution is -2.29. The number of hydrogen-bond acceptors (Lipinski definition) is 6. The zero-order valence-electron chi connectivity index (χ0n) is 17.5. The first-order valence-electron chi connectivity index (χ1n) is 9.80. The average molecular weight is 460 g/mol. The third-order valence-corrected chi connectivity index (χ3v) is 6.61. The Morgan fingerprint density at radius 2 is 1.97 bits per heavy atom. The van der Waals surface area contributed by atoms with Gasteiger partial charge in [-0.05, 0) is 64.1 Å². The summed E-state index contributed by atoms with van der Waals surface area (Å²) in [5, 5.41) is 5.92. The van der Waals surface area contributed by atoms with E-state index in [1.165, 1.54) is 11.3 Å². The first kappa shape index (κ1) is 22.8. The zero-order valence-corrected chi connectivity index (χ0v) is 19.1. The van der Waals surface area contributed by atoms with Crippen molar-refractivity contribution >= 4 is 54.1 Å². The van der Waals surface area contributed by atoms with E-state index < -0.39 is 9.52 Å². The van der Waals surface area contributed by atoms with Gasteiger partial charge in [0.25, 0.3) is 0 Å². The highest BCUT2D eigenvalue weighted by Crippen LogP contribution is 2.31. The van der Waals surface area contributed by atoms with Gasteiger partial charge in [-0.2, -0.15) is 0 Å². The lowest BCUT2D eigenvalue weighted by atomic mass is 10.1. The van der Waals surface area contributed by atoms with E-state index in [9.17, 15) is 13.8 Å². The third kappa shape index (κ3) is 6.28. The minimum Gasteiger partial charge on any atom is -0.466 e. The molecule has 1 unspecified atom stereocenters. The molecule has 1 atom stereocenters. The number of amides is 2. The molecular weight excluding hydrogens is 434 g/mol. The summed E-state index contributed by atoms with van der Waals surface area (Å²) >= 11 is 1.37. The summed E-state index contributed by atoms with van der Waals surface area (Å²) in [6.45, 7) is 2.47. The molecule has 2 amide bonds. The van der Waals surface area contributed by atoms with Crippen LogP contribution in [-0.4, -0.2) is 46.5 Å². The first-order chi connectivity index (χ1) is 14.8. The number of esters is 1. The predicted octanol–water partition coefficient (Wildman–Crippen LogP) is 4.13. The number of benzene rings is 2. The van der Waals surface area contributed by atoms with Gasteiger partial charge in [-0.1, -0.05) is 29.5 Å². The fourth-order valence-corrected chi connectivity index (χ4v) is 4.55. The smallest absolute Gasteiger partial charge is 0.321 e. The molecule has 0 bridgehead atoms. The van der Waals surface area contributed by atoms with Crippen LogP contribution in [0.4, 0.5) is 9.93 Å². The summed E-state index contributed by atoms with van der Waals surface area (Å²) in [6, 6.07) is 13.0. The second kappa shape index (κ2) is 9.93. The van der Waals surface area contributed by atoms with Gasteiger partial charge in [-0.3, -0.25) is 14.3 Å². The van der Waals surface area contributed by atoms with Crippen molar-refractivity contribution in [1.82, 2.24) is 10.3 Å². The minimum atomic E-state index is -2.29. The molecule has 9 heteroatoms. The van der Waals surface area contributed by atoms with E-state index in [1.807, 2.05) is 42.5 Å². The van der Waals surface area contributed by atoms with Crippen molar-refractivity contribution in [1.29, 1.82) is 0 Å². The molecule has 2 aromatic carbocycles. The summed E-state index contributed by atoms with van der Waals surface area (Å²) in [4.78, 5) is 28.5. The number of carbonyl (C=O) groups excluding carboxylic acids is 2. The molecule has 31 heavy (non-hydrogen) atoms. The third-order valence-electron chi connectivity index (χ3n) is 4.42. The summed E-state index contributed by atoms with van der Waals surface area (Å²) in [5.74, 6) is 3.48. The Morgan fingerprint density at radius 3 is 2.71 bits per heavy atom. The summed E-state index contributed by atoms with van der Waals surface area (Å²) < 4.78 is 18.0. The van der Waals surface area contributed by atoms with E-state index in [-0.39, 0.29) is 18.4 Å². The molecule has 2 N–H and O–H groups in total. The molecule has 3 aromatic rings. The predicted molar refractivity (Wildman–Crippen MR) is 127 cm³/mol. The van der Waals surface area contributed by atoms with Crippen molar-refractivity contribution < 1.29 is 18.5 Å². The summed E-state index contributed by atoms with van der Waals surface area (Å²) in [5.41, 5.74) is 2.69. The van der Waals surface area contributed by atoms with Crippen molar-refractivity contribution in [2.45, 2.75) is 24.7 Å². The van der Waals surface area contributed by atoms with Crippen LogP contribution in [0.5, 0.6) is 0 Å². The highest BCUT2D eigenvalue weighted by molar-refractivity contribution is 7.99. The Labute approximate surface area is 185 Å². The van der Waals surface area contributed by atoms with Crippen molar-refractivity contribution in [3.05, 3.63) is 42.5 Å². The highest BCUT2D eigenvalue weighted by Gasteiger charge is 2.10. The number of nitrogens with zero attached hydrogens (tertiary/aromatic N) is 1. The van der Waals surface area contributed by atoms with Crippen LogP contribution < -0.4 is 10.6 Å². The summed E-state index contributed by atoms with van der Waals surface area (Å²) in [7, 11) is -2.29. The summed E-state index contributed by atoms with van der Waals surface area (Å²) in [6.07, 6.45) is 2.39. The molecule has 7 nitrogen and oxygen atoms in total. The normalized spacial score (nSPS) is 12.8. The molecule has 3 rings (SSSR count). The molecule has 0 aliphatic carbocycles. The van der Waals surface area contributed by atoms with Crippen molar-refractivity contribution in [3.8, 4) is 11.1 Å². The van der Waals surface area contributed by atoms with Gasteiger partial charge in [0.15, 0.2) is 5.13 Å². The monoisotopic (exact) mass is 459 g/mol. The lowest BCUT2D eigenvalue weighted by Gasteiger charge is -2.06. The molecule has 0 radical (unpaired) electrons. The van der Waals surface area contributed by atoms with E-state index in [2.05, 4.69) is 21.5 Å². The largest absolute Gasteiger partial charge is 0.466 e. The quantitative estimate of drug-likeness (QED) is 0.300. The van der Waals surface area contributed by atoms with Gasteiger partial charge < -0.3 is 10.1 Å². The Hall–Kier alpha value is -2.91. The maximum absolute atomic E-state index is 12.3. The van der Waals surface area contributed by atoms with E-state index in [0.29, 0.717) is 29.6 Å². The number of rotatable bonds is 8. The minimum absolute atomic E-state index is 0.264. The molecule has 0 saturated carbocycles. The van der Waals surface area contributed by atoms with Crippen molar-refractivity contribution in [2.24, 2.45) is 0 Å². The molecule has 164 valence electrons. The standard InChI is InChI=1S/C22H25N3O4S2/c1-4-29-20(26)9-6-12-23-21(27)25-22-24-18-11-10-16(14-19(18)30-22)15-7-5-8-17(13-15)31(2,3)28/h5,7-8,10-11,13-14H,2,4,6,9,12H2,1,3H3,(H2,23,24,25,27). The van der Waals surface area contributed by atoms with Crippen LogP contribution in [0.1, 0.15) is 19.8 Å². The highest BCUT2D eigenvalue weighted by atomic mass is 32.2. The zero-order chi connectivity index (χ0) is 22.4. The molecule has 0 aliphatic rings. The van der Waals surface area contributed by atoms with Gasteiger partial charge >= 0.3 is 12.0 Å². The number of carbonyl (C=O) groups is 2. The van der Waals surface area contributed by atoms with Crippen LogP contribution in [0.2, 0.25) is 0 Å². The first-order valence-corrected chi connectivity index (χ1v) is 12.7. The number of anilines is 1. The molecular formula is C22H25N3O4S2. The van der Waals surface area contributed by atoms with E-state index in [0.717, 1.165) is 21.3 Å². The Bertz CT molecular complexity index is 1200. The second-order valence-corrected chi connectivity index (χ2v) is 10.5. The maximum Gasteiger partial charge on any atom is 0.321 e. The molecule has 0 spiro atoms. The fourth-order valence-electron chi connectivity index (χ4n) is 2.91. The van der Waals surface area contributed by atoms with Crippen LogP contribution in [0.3, 0.4) is 0 Å². The molecule has 0 saturated heterocycles. The molecule has 1 heterocycles. The van der Waals surface area contributed by atoms with E-state index in [1.54, 1.807) is 13.2 Å². The number of ether oxygens (including phenoxy) is 1. The SMILES string of the molecule is C=S(C)(=O)c1cccc(-c2ccc3nc(NC(=O)NCCCC(=O)OCC)sc3c2)c1. The lowest BCUT2D eigenvalue weighted by molar-refractivity contribution is -0.143. The van der Waals surface area contributed by atoms with Crippen molar-refractivity contribution in [2.75, 3.05) is 24.7 Å². The van der Waals surface area contributed by atoms with Crippen LogP contribution in [0.15, 0.2) is 47.4 Å². The van der Waals surface area contributed by atoms with Gasteiger partial charge in [0.1, 0.15) is 0 Å². The Kier molecular flexibility index (Phi) is 7.29. The molecule has 0 fully saturated rings. The number of nitrogens with one attached hydrogen (secondary N) is 2. The van der Waals surface area contributed by atoms with E-state index in [4.69, 9.17) is 4.74 Å². The average Bonchev–Trinajstić information content (AvgIpc) is 3.12. The molecule has 1 aromatic heterocycles. The second-order valence-electron chi connectivity index (χ2n) is 7.02. The Morgan fingerprint density at radius 1 is 1.19 bits per heavy atom. The van der Waals surface area contributed by atoms with Gasteiger partial charge in [-0.25, -0.2) is 9.78 Å². The van der Waals surface area contributed by atoms with Gasteiger partial charge in [-0.15, -0.1) is 0 Å². The molecule has 0 aliphatic heterocycles.